The lowest BCUT2D eigenvalue weighted by Gasteiger charge is -2.22. The van der Waals surface area contributed by atoms with Crippen LogP contribution in [0, 0.1) is 0 Å². The van der Waals surface area contributed by atoms with Crippen LogP contribution in [0.2, 0.25) is 0 Å². The first-order chi connectivity index (χ1) is 8.38. The Morgan fingerprint density at radius 1 is 1.44 bits per heavy atom. The first-order valence-corrected chi connectivity index (χ1v) is 8.18. The number of hydrogen-bond acceptors (Lipinski definition) is 3. The molecule has 1 aliphatic heterocycles. The highest BCUT2D eigenvalue weighted by Crippen LogP contribution is 2.32. The van der Waals surface area contributed by atoms with E-state index in [9.17, 15) is 13.2 Å². The molecule has 0 saturated carbocycles. The molecule has 0 radical (unpaired) electrons. The molecule has 0 bridgehead atoms. The minimum atomic E-state index is -3.62. The summed E-state index contributed by atoms with van der Waals surface area (Å²) in [5.41, 5.74) is 1.99. The van der Waals surface area contributed by atoms with Gasteiger partial charge in [-0.3, -0.25) is 4.79 Å². The molecule has 1 aromatic rings. The van der Waals surface area contributed by atoms with Crippen molar-refractivity contribution in [2.24, 2.45) is 0 Å². The molecule has 0 N–H and O–H groups in total. The lowest BCUT2D eigenvalue weighted by Crippen LogP contribution is -2.36. The van der Waals surface area contributed by atoms with E-state index < -0.39 is 9.05 Å². The molecule has 1 unspecified atom stereocenters. The Hall–Kier alpha value is -1.07. The molecule has 4 nitrogen and oxygen atoms in total. The average molecular weight is 288 g/mol. The minimum Gasteiger partial charge on any atom is -0.309 e. The van der Waals surface area contributed by atoms with Gasteiger partial charge in [0.25, 0.3) is 0 Å². The molecule has 0 fully saturated rings. The van der Waals surface area contributed by atoms with E-state index in [-0.39, 0.29) is 24.1 Å². The van der Waals surface area contributed by atoms with Gasteiger partial charge in [-0.25, -0.2) is 8.42 Å². The van der Waals surface area contributed by atoms with Gasteiger partial charge >= 0.3 is 0 Å². The molecule has 98 valence electrons. The first kappa shape index (κ1) is 13.4. The standard InChI is InChI=1S/C12H14ClNO3S/c1-9-8-10-4-2-3-5-11(10)14(9)12(15)6-7-18(13,16)17/h2-5,9H,6-8H2,1H3. The number of carbonyl (C=O) groups is 1. The Bertz CT molecular complexity index is 570. The van der Waals surface area contributed by atoms with Gasteiger partial charge in [0.1, 0.15) is 0 Å². The summed E-state index contributed by atoms with van der Waals surface area (Å²) in [5, 5.41) is 0. The van der Waals surface area contributed by atoms with Crippen LogP contribution in [0.1, 0.15) is 18.9 Å². The van der Waals surface area contributed by atoms with Crippen LogP contribution in [0.25, 0.3) is 0 Å². The van der Waals surface area contributed by atoms with Crippen LogP contribution in [-0.4, -0.2) is 26.1 Å². The Kier molecular flexibility index (Phi) is 3.64. The summed E-state index contributed by atoms with van der Waals surface area (Å²) in [6.45, 7) is 1.95. The maximum Gasteiger partial charge on any atom is 0.233 e. The summed E-state index contributed by atoms with van der Waals surface area (Å²) >= 11 is 0. The molecule has 0 spiro atoms. The number of fused-ring (bicyclic) bond motifs is 1. The Morgan fingerprint density at radius 3 is 2.78 bits per heavy atom. The van der Waals surface area contributed by atoms with E-state index in [2.05, 4.69) is 0 Å². The second kappa shape index (κ2) is 4.90. The van der Waals surface area contributed by atoms with Crippen LogP contribution in [-0.2, 0) is 20.3 Å². The monoisotopic (exact) mass is 287 g/mol. The Morgan fingerprint density at radius 2 is 2.11 bits per heavy atom. The van der Waals surface area contributed by atoms with E-state index >= 15 is 0 Å². The van der Waals surface area contributed by atoms with E-state index in [1.807, 2.05) is 31.2 Å². The van der Waals surface area contributed by atoms with Gasteiger partial charge < -0.3 is 4.90 Å². The van der Waals surface area contributed by atoms with E-state index in [0.29, 0.717) is 0 Å². The van der Waals surface area contributed by atoms with Crippen molar-refractivity contribution in [3.63, 3.8) is 0 Å². The van der Waals surface area contributed by atoms with Gasteiger partial charge in [-0.05, 0) is 25.0 Å². The normalized spacial score (nSPS) is 18.8. The van der Waals surface area contributed by atoms with Crippen molar-refractivity contribution in [3.05, 3.63) is 29.8 Å². The fraction of sp³-hybridized carbons (Fsp3) is 0.417. The van der Waals surface area contributed by atoms with Crippen LogP contribution in [0.15, 0.2) is 24.3 Å². The molecule has 6 heteroatoms. The molecule has 1 atom stereocenters. The minimum absolute atomic E-state index is 0.0629. The van der Waals surface area contributed by atoms with Crippen molar-refractivity contribution in [1.29, 1.82) is 0 Å². The highest BCUT2D eigenvalue weighted by molar-refractivity contribution is 8.13. The van der Waals surface area contributed by atoms with Crippen molar-refractivity contribution < 1.29 is 13.2 Å². The fourth-order valence-corrected chi connectivity index (χ4v) is 2.93. The predicted octanol–water partition coefficient (Wildman–Crippen LogP) is 1.92. The zero-order chi connectivity index (χ0) is 13.3. The van der Waals surface area contributed by atoms with E-state index in [1.54, 1.807) is 4.90 Å². The van der Waals surface area contributed by atoms with Crippen LogP contribution >= 0.6 is 10.7 Å². The number of anilines is 1. The van der Waals surface area contributed by atoms with E-state index in [4.69, 9.17) is 10.7 Å². The SMILES string of the molecule is CC1Cc2ccccc2N1C(=O)CCS(=O)(=O)Cl. The zero-order valence-corrected chi connectivity index (χ0v) is 11.5. The molecule has 1 heterocycles. The average Bonchev–Trinajstić information content (AvgIpc) is 2.61. The quantitative estimate of drug-likeness (QED) is 0.798. The van der Waals surface area contributed by atoms with Crippen LogP contribution in [0.3, 0.4) is 0 Å². The highest BCUT2D eigenvalue weighted by Gasteiger charge is 2.30. The second-order valence-corrected chi connectivity index (χ2v) is 7.34. The van der Waals surface area contributed by atoms with Gasteiger partial charge in [0.2, 0.25) is 15.0 Å². The van der Waals surface area contributed by atoms with Gasteiger partial charge in [-0.1, -0.05) is 18.2 Å². The third-order valence-electron chi connectivity index (χ3n) is 3.04. The predicted molar refractivity (Wildman–Crippen MR) is 71.4 cm³/mol. The lowest BCUT2D eigenvalue weighted by atomic mass is 10.1. The van der Waals surface area contributed by atoms with E-state index in [0.717, 1.165) is 17.7 Å². The molecule has 1 aromatic carbocycles. The van der Waals surface area contributed by atoms with Gasteiger partial charge in [0.05, 0.1) is 5.75 Å². The maximum absolute atomic E-state index is 12.1. The number of carbonyl (C=O) groups excluding carboxylic acids is 1. The first-order valence-electron chi connectivity index (χ1n) is 5.71. The molecule has 0 aromatic heterocycles. The summed E-state index contributed by atoms with van der Waals surface area (Å²) in [6.07, 6.45) is 0.722. The van der Waals surface area contributed by atoms with Gasteiger partial charge in [-0.2, -0.15) is 0 Å². The van der Waals surface area contributed by atoms with Gasteiger partial charge in [0.15, 0.2) is 0 Å². The molecular formula is C12H14ClNO3S. The third-order valence-corrected chi connectivity index (χ3v) is 4.19. The second-order valence-electron chi connectivity index (χ2n) is 4.44. The third kappa shape index (κ3) is 2.84. The molecule has 0 saturated heterocycles. The van der Waals surface area contributed by atoms with Crippen LogP contribution < -0.4 is 4.90 Å². The summed E-state index contributed by atoms with van der Waals surface area (Å²) in [6, 6.07) is 7.73. The Balaban J connectivity index is 2.16. The van der Waals surface area contributed by atoms with E-state index in [1.165, 1.54) is 0 Å². The number of benzene rings is 1. The number of amides is 1. The van der Waals surface area contributed by atoms with Crippen molar-refractivity contribution in [2.75, 3.05) is 10.7 Å². The summed E-state index contributed by atoms with van der Waals surface area (Å²) < 4.78 is 21.7. The lowest BCUT2D eigenvalue weighted by molar-refractivity contribution is -0.118. The topological polar surface area (TPSA) is 54.5 Å². The molecular weight excluding hydrogens is 274 g/mol. The van der Waals surface area contributed by atoms with Crippen molar-refractivity contribution >= 4 is 31.3 Å². The molecule has 1 aliphatic rings. The number of nitrogens with zero attached hydrogens (tertiary/aromatic N) is 1. The number of rotatable bonds is 3. The van der Waals surface area contributed by atoms with Gasteiger partial charge in [0, 0.05) is 28.8 Å². The van der Waals surface area contributed by atoms with Crippen molar-refractivity contribution in [3.8, 4) is 0 Å². The molecule has 18 heavy (non-hydrogen) atoms. The molecule has 1 amide bonds. The van der Waals surface area contributed by atoms with Crippen LogP contribution in [0.5, 0.6) is 0 Å². The number of hydrogen-bond donors (Lipinski definition) is 0. The van der Waals surface area contributed by atoms with Crippen LogP contribution in [0.4, 0.5) is 5.69 Å². The largest absolute Gasteiger partial charge is 0.309 e. The summed E-state index contributed by atoms with van der Waals surface area (Å²) in [4.78, 5) is 13.7. The maximum atomic E-state index is 12.1. The summed E-state index contributed by atoms with van der Waals surface area (Å²) in [7, 11) is 1.50. The molecule has 2 rings (SSSR count). The molecule has 0 aliphatic carbocycles. The highest BCUT2D eigenvalue weighted by atomic mass is 35.7. The van der Waals surface area contributed by atoms with Crippen molar-refractivity contribution in [2.45, 2.75) is 25.8 Å². The Labute approximate surface area is 111 Å². The number of para-hydroxylation sites is 1. The zero-order valence-electron chi connectivity index (χ0n) is 9.97. The van der Waals surface area contributed by atoms with Gasteiger partial charge in [-0.15, -0.1) is 0 Å². The van der Waals surface area contributed by atoms with Crippen molar-refractivity contribution in [1.82, 2.24) is 0 Å². The number of halogens is 1. The smallest absolute Gasteiger partial charge is 0.233 e. The fourth-order valence-electron chi connectivity index (χ4n) is 2.28. The summed E-state index contributed by atoms with van der Waals surface area (Å²) in [5.74, 6) is -0.518.